The lowest BCUT2D eigenvalue weighted by molar-refractivity contribution is 0.0473. The third-order valence-electron chi connectivity index (χ3n) is 8.29. The summed E-state index contributed by atoms with van der Waals surface area (Å²) in [5.74, 6) is 0.389. The first-order valence-electron chi connectivity index (χ1n) is 13.5. The number of halogens is 1. The van der Waals surface area contributed by atoms with Crippen LogP contribution < -0.4 is 4.74 Å². The molecule has 0 spiro atoms. The first kappa shape index (κ1) is 25.2. The highest BCUT2D eigenvalue weighted by Gasteiger charge is 2.34. The number of aliphatic hydroxyl groups excluding tert-OH is 1. The van der Waals surface area contributed by atoms with Crippen LogP contribution in [0, 0.1) is 17.2 Å². The molecular formula is C29H38FN3O3. The Morgan fingerprint density at radius 1 is 1.14 bits per heavy atom. The molecule has 2 aromatic rings. The Morgan fingerprint density at radius 2 is 1.94 bits per heavy atom. The molecule has 1 amide bonds. The third kappa shape index (κ3) is 5.89. The normalized spacial score (nSPS) is 22.8. The van der Waals surface area contributed by atoms with Crippen molar-refractivity contribution in [3.63, 3.8) is 0 Å². The van der Waals surface area contributed by atoms with Gasteiger partial charge in [0.05, 0.1) is 12.7 Å². The fourth-order valence-electron chi connectivity index (χ4n) is 5.82. The Balaban J connectivity index is 1.12. The van der Waals surface area contributed by atoms with Crippen LogP contribution in [0.25, 0.3) is 11.1 Å². The molecule has 3 heterocycles. The topological polar surface area (TPSA) is 65.9 Å². The number of aliphatic hydroxyl groups is 1. The predicted octanol–water partition coefficient (Wildman–Crippen LogP) is 4.77. The molecular weight excluding hydrogens is 457 g/mol. The quantitative estimate of drug-likeness (QED) is 0.600. The van der Waals surface area contributed by atoms with Crippen LogP contribution in [0.4, 0.5) is 4.39 Å². The number of rotatable bonds is 7. The number of ether oxygens (including phenoxy) is 1. The van der Waals surface area contributed by atoms with Gasteiger partial charge in [-0.2, -0.15) is 0 Å². The molecule has 3 fully saturated rings. The fourth-order valence-corrected chi connectivity index (χ4v) is 5.82. The molecule has 6 nitrogen and oxygen atoms in total. The molecule has 2 aliphatic heterocycles. The van der Waals surface area contributed by atoms with Gasteiger partial charge in [0.2, 0.25) is 5.88 Å². The van der Waals surface area contributed by atoms with E-state index < -0.39 is 11.9 Å². The Bertz CT molecular complexity index is 1050. The SMILES string of the molecule is CC1(CN2CCC(COc3ccc(-c4ccc(C(=O)N5CCC[C@H](O)C5)cc4F)cn3)CC2)CCC1. The highest BCUT2D eigenvalue weighted by Crippen LogP contribution is 2.41. The average Bonchev–Trinajstić information content (AvgIpc) is 2.87. The van der Waals surface area contributed by atoms with Gasteiger partial charge in [-0.1, -0.05) is 19.4 Å². The summed E-state index contributed by atoms with van der Waals surface area (Å²) in [6.45, 7) is 7.49. The van der Waals surface area contributed by atoms with Gasteiger partial charge in [0.15, 0.2) is 0 Å². The molecule has 194 valence electrons. The van der Waals surface area contributed by atoms with E-state index in [2.05, 4.69) is 16.8 Å². The molecule has 36 heavy (non-hydrogen) atoms. The van der Waals surface area contributed by atoms with E-state index in [0.29, 0.717) is 60.0 Å². The van der Waals surface area contributed by atoms with Crippen LogP contribution in [0.2, 0.25) is 0 Å². The zero-order chi connectivity index (χ0) is 25.1. The molecule has 1 aromatic heterocycles. The largest absolute Gasteiger partial charge is 0.477 e. The molecule has 0 radical (unpaired) electrons. The Morgan fingerprint density at radius 3 is 2.58 bits per heavy atom. The summed E-state index contributed by atoms with van der Waals surface area (Å²) in [5.41, 5.74) is 1.88. The molecule has 3 aliphatic rings. The number of nitrogens with zero attached hydrogens (tertiary/aromatic N) is 3. The summed E-state index contributed by atoms with van der Waals surface area (Å²) >= 11 is 0. The van der Waals surface area contributed by atoms with Gasteiger partial charge in [-0.3, -0.25) is 4.79 Å². The number of carbonyl (C=O) groups is 1. The predicted molar refractivity (Wildman–Crippen MR) is 137 cm³/mol. The Labute approximate surface area is 213 Å². The maximum Gasteiger partial charge on any atom is 0.254 e. The Kier molecular flexibility index (Phi) is 7.58. The second-order valence-electron chi connectivity index (χ2n) is 11.3. The monoisotopic (exact) mass is 495 g/mol. The van der Waals surface area contributed by atoms with E-state index >= 15 is 0 Å². The number of piperidine rings is 2. The molecule has 1 aromatic carbocycles. The minimum absolute atomic E-state index is 0.246. The van der Waals surface area contributed by atoms with Crippen molar-refractivity contribution >= 4 is 5.91 Å². The second-order valence-corrected chi connectivity index (χ2v) is 11.3. The van der Waals surface area contributed by atoms with Crippen LogP contribution in [0.15, 0.2) is 36.5 Å². The molecule has 5 rings (SSSR count). The molecule has 1 atom stereocenters. The van der Waals surface area contributed by atoms with Gasteiger partial charge >= 0.3 is 0 Å². The number of hydrogen-bond acceptors (Lipinski definition) is 5. The highest BCUT2D eigenvalue weighted by molar-refractivity contribution is 5.95. The van der Waals surface area contributed by atoms with Crippen molar-refractivity contribution < 1.29 is 19.0 Å². The molecule has 1 N–H and O–H groups in total. The van der Waals surface area contributed by atoms with Gasteiger partial charge in [0.25, 0.3) is 5.91 Å². The van der Waals surface area contributed by atoms with E-state index in [1.54, 1.807) is 29.3 Å². The van der Waals surface area contributed by atoms with E-state index in [9.17, 15) is 14.3 Å². The van der Waals surface area contributed by atoms with Crippen LogP contribution in [0.5, 0.6) is 5.88 Å². The van der Waals surface area contributed by atoms with Crippen molar-refractivity contribution in [2.45, 2.75) is 58.0 Å². The first-order chi connectivity index (χ1) is 17.4. The highest BCUT2D eigenvalue weighted by atomic mass is 19.1. The summed E-state index contributed by atoms with van der Waals surface area (Å²) in [5, 5.41) is 9.83. The summed E-state index contributed by atoms with van der Waals surface area (Å²) in [7, 11) is 0. The molecule has 1 saturated carbocycles. The second kappa shape index (κ2) is 10.9. The lowest BCUT2D eigenvalue weighted by Crippen LogP contribution is -2.44. The number of β-amino-alcohol motifs (C(OH)–C–C–N with tert-alkyl or cyclic N) is 1. The summed E-state index contributed by atoms with van der Waals surface area (Å²) in [6.07, 6.45) is 9.00. The van der Waals surface area contributed by atoms with Crippen LogP contribution in [-0.2, 0) is 0 Å². The van der Waals surface area contributed by atoms with E-state index in [4.69, 9.17) is 4.74 Å². The number of amides is 1. The number of carbonyl (C=O) groups excluding carboxylic acids is 1. The molecule has 2 saturated heterocycles. The van der Waals surface area contributed by atoms with Gasteiger partial charge < -0.3 is 19.6 Å². The van der Waals surface area contributed by atoms with E-state index in [1.165, 1.54) is 31.9 Å². The van der Waals surface area contributed by atoms with Crippen LogP contribution in [0.3, 0.4) is 0 Å². The summed E-state index contributed by atoms with van der Waals surface area (Å²) < 4.78 is 20.9. The molecule has 0 bridgehead atoms. The number of hydrogen-bond donors (Lipinski definition) is 1. The number of pyridine rings is 1. The smallest absolute Gasteiger partial charge is 0.254 e. The van der Waals surface area contributed by atoms with Crippen molar-refractivity contribution in [1.29, 1.82) is 0 Å². The van der Waals surface area contributed by atoms with Gasteiger partial charge in [-0.05, 0) is 81.1 Å². The maximum atomic E-state index is 14.9. The zero-order valence-corrected chi connectivity index (χ0v) is 21.3. The minimum Gasteiger partial charge on any atom is -0.477 e. The van der Waals surface area contributed by atoms with Gasteiger partial charge in [0.1, 0.15) is 5.82 Å². The fraction of sp³-hybridized carbons (Fsp3) is 0.586. The molecule has 1 aliphatic carbocycles. The van der Waals surface area contributed by atoms with Gasteiger partial charge in [-0.25, -0.2) is 9.37 Å². The number of benzene rings is 1. The number of likely N-dealkylation sites (tertiary alicyclic amines) is 2. The van der Waals surface area contributed by atoms with Crippen molar-refractivity contribution in [2.75, 3.05) is 39.3 Å². The first-order valence-corrected chi connectivity index (χ1v) is 13.5. The van der Waals surface area contributed by atoms with Crippen LogP contribution in [0.1, 0.15) is 62.2 Å². The van der Waals surface area contributed by atoms with E-state index in [1.807, 2.05) is 6.07 Å². The van der Waals surface area contributed by atoms with Crippen molar-refractivity contribution in [2.24, 2.45) is 11.3 Å². The van der Waals surface area contributed by atoms with Crippen molar-refractivity contribution in [3.05, 3.63) is 47.9 Å². The minimum atomic E-state index is -0.507. The van der Waals surface area contributed by atoms with Crippen molar-refractivity contribution in [1.82, 2.24) is 14.8 Å². The van der Waals surface area contributed by atoms with E-state index in [0.717, 1.165) is 32.4 Å². The van der Waals surface area contributed by atoms with E-state index in [-0.39, 0.29) is 5.91 Å². The maximum absolute atomic E-state index is 14.9. The van der Waals surface area contributed by atoms with Crippen molar-refractivity contribution in [3.8, 4) is 17.0 Å². The molecule has 7 heteroatoms. The van der Waals surface area contributed by atoms with Gasteiger partial charge in [0, 0.05) is 48.6 Å². The Hall–Kier alpha value is -2.51. The van der Waals surface area contributed by atoms with Gasteiger partial charge in [-0.15, -0.1) is 0 Å². The lowest BCUT2D eigenvalue weighted by atomic mass is 9.70. The standard InChI is InChI=1S/C29H38FN3O3/c1-29(11-3-12-29)20-32-14-9-21(10-15-32)19-36-27-8-6-23(17-31-27)25-7-5-22(16-26(25)30)28(35)33-13-2-4-24(34)18-33/h5-8,16-17,21,24,34H,2-4,9-15,18-20H2,1H3/t24-/m0/s1. The lowest BCUT2D eigenvalue weighted by Gasteiger charge is -2.44. The third-order valence-corrected chi connectivity index (χ3v) is 8.29. The summed E-state index contributed by atoms with van der Waals surface area (Å²) in [6, 6.07) is 8.14. The number of aromatic nitrogens is 1. The van der Waals surface area contributed by atoms with Crippen LogP contribution >= 0.6 is 0 Å². The molecule has 0 unspecified atom stereocenters. The van der Waals surface area contributed by atoms with Crippen LogP contribution in [-0.4, -0.2) is 71.2 Å². The average molecular weight is 496 g/mol. The zero-order valence-electron chi connectivity index (χ0n) is 21.3. The summed E-state index contributed by atoms with van der Waals surface area (Å²) in [4.78, 5) is 21.3.